The van der Waals surface area contributed by atoms with E-state index in [4.69, 9.17) is 9.47 Å². The van der Waals surface area contributed by atoms with E-state index in [9.17, 15) is 20.2 Å². The summed E-state index contributed by atoms with van der Waals surface area (Å²) >= 11 is 0. The van der Waals surface area contributed by atoms with Gasteiger partial charge in [-0.3, -0.25) is 20.2 Å². The SMILES string of the molecule is O=[N+]([O-])c1ccc(Oc2ccc(CNCCCNCc3ccc(Oc4ccc([N+](=O)[O-])cc4)cc3)cc2)cc1. The van der Waals surface area contributed by atoms with Crippen molar-refractivity contribution in [3.8, 4) is 23.0 Å². The number of rotatable bonds is 14. The van der Waals surface area contributed by atoms with Gasteiger partial charge in [0.15, 0.2) is 0 Å². The van der Waals surface area contributed by atoms with Gasteiger partial charge in [-0.05, 0) is 79.2 Å². The number of ether oxygens (including phenoxy) is 2. The lowest BCUT2D eigenvalue weighted by atomic mass is 10.2. The molecule has 10 heteroatoms. The second kappa shape index (κ2) is 13.7. The molecule has 0 bridgehead atoms. The lowest BCUT2D eigenvalue weighted by Gasteiger charge is -2.09. The molecular weight excluding hydrogens is 500 g/mol. The van der Waals surface area contributed by atoms with Crippen LogP contribution >= 0.6 is 0 Å². The molecule has 0 amide bonds. The molecule has 10 nitrogen and oxygen atoms in total. The number of nitrogens with zero attached hydrogens (tertiary/aromatic N) is 2. The second-order valence-corrected chi connectivity index (χ2v) is 8.70. The van der Waals surface area contributed by atoms with Crippen molar-refractivity contribution in [3.05, 3.63) is 128 Å². The van der Waals surface area contributed by atoms with Crippen molar-refractivity contribution < 1.29 is 19.3 Å². The smallest absolute Gasteiger partial charge is 0.269 e. The molecule has 39 heavy (non-hydrogen) atoms. The van der Waals surface area contributed by atoms with Gasteiger partial charge in [0.05, 0.1) is 9.85 Å². The van der Waals surface area contributed by atoms with Gasteiger partial charge in [-0.15, -0.1) is 0 Å². The first kappa shape index (κ1) is 27.2. The maximum absolute atomic E-state index is 10.7. The molecule has 2 N–H and O–H groups in total. The number of nitro benzene ring substituents is 2. The number of hydrogen-bond donors (Lipinski definition) is 2. The first-order valence-electron chi connectivity index (χ1n) is 12.4. The van der Waals surface area contributed by atoms with E-state index in [0.29, 0.717) is 23.0 Å². The quantitative estimate of drug-likeness (QED) is 0.110. The Hall–Kier alpha value is -4.80. The van der Waals surface area contributed by atoms with E-state index in [1.54, 1.807) is 24.3 Å². The Morgan fingerprint density at radius 1 is 0.513 bits per heavy atom. The van der Waals surface area contributed by atoms with Crippen LogP contribution in [-0.2, 0) is 13.1 Å². The Morgan fingerprint density at radius 2 is 0.821 bits per heavy atom. The molecular formula is C29H28N4O6. The molecule has 0 aromatic heterocycles. The van der Waals surface area contributed by atoms with Crippen LogP contribution in [0.15, 0.2) is 97.1 Å². The minimum Gasteiger partial charge on any atom is -0.457 e. The fourth-order valence-corrected chi connectivity index (χ4v) is 3.70. The highest BCUT2D eigenvalue weighted by atomic mass is 16.6. The summed E-state index contributed by atoms with van der Waals surface area (Å²) in [6.45, 7) is 3.23. The number of non-ortho nitro benzene ring substituents is 2. The van der Waals surface area contributed by atoms with Crippen LogP contribution in [0.5, 0.6) is 23.0 Å². The van der Waals surface area contributed by atoms with Crippen molar-refractivity contribution >= 4 is 11.4 Å². The Bertz CT molecular complexity index is 1250. The highest BCUT2D eigenvalue weighted by molar-refractivity contribution is 5.40. The van der Waals surface area contributed by atoms with Crippen LogP contribution in [0, 0.1) is 20.2 Å². The monoisotopic (exact) mass is 528 g/mol. The third kappa shape index (κ3) is 8.63. The number of hydrogen-bond acceptors (Lipinski definition) is 8. The second-order valence-electron chi connectivity index (χ2n) is 8.70. The van der Waals surface area contributed by atoms with Gasteiger partial charge >= 0.3 is 0 Å². The number of benzene rings is 4. The van der Waals surface area contributed by atoms with Crippen molar-refractivity contribution in [1.29, 1.82) is 0 Å². The summed E-state index contributed by atoms with van der Waals surface area (Å²) in [5, 5.41) is 28.3. The molecule has 0 aliphatic carbocycles. The fraction of sp³-hybridized carbons (Fsp3) is 0.172. The average Bonchev–Trinajstić information content (AvgIpc) is 2.95. The van der Waals surface area contributed by atoms with E-state index in [1.165, 1.54) is 24.3 Å². The Morgan fingerprint density at radius 3 is 1.13 bits per heavy atom. The third-order valence-corrected chi connectivity index (χ3v) is 5.78. The molecule has 0 spiro atoms. The Kier molecular flexibility index (Phi) is 9.54. The van der Waals surface area contributed by atoms with Gasteiger partial charge in [-0.1, -0.05) is 24.3 Å². The zero-order valence-corrected chi connectivity index (χ0v) is 21.1. The summed E-state index contributed by atoms with van der Waals surface area (Å²) in [5.74, 6) is 2.43. The van der Waals surface area contributed by atoms with E-state index in [0.717, 1.165) is 43.7 Å². The fourth-order valence-electron chi connectivity index (χ4n) is 3.70. The van der Waals surface area contributed by atoms with Crippen LogP contribution in [0.2, 0.25) is 0 Å². The molecule has 0 fully saturated rings. The van der Waals surface area contributed by atoms with Crippen LogP contribution in [-0.4, -0.2) is 22.9 Å². The number of nitrogens with one attached hydrogen (secondary N) is 2. The molecule has 0 aliphatic rings. The van der Waals surface area contributed by atoms with E-state index < -0.39 is 9.85 Å². The molecule has 4 aromatic rings. The van der Waals surface area contributed by atoms with Crippen LogP contribution in [0.25, 0.3) is 0 Å². The molecule has 0 saturated carbocycles. The van der Waals surface area contributed by atoms with E-state index in [-0.39, 0.29) is 11.4 Å². The molecule has 0 unspecified atom stereocenters. The maximum atomic E-state index is 10.7. The van der Waals surface area contributed by atoms with Crippen LogP contribution in [0.4, 0.5) is 11.4 Å². The Balaban J connectivity index is 1.09. The van der Waals surface area contributed by atoms with Crippen LogP contribution < -0.4 is 20.1 Å². The van der Waals surface area contributed by atoms with Crippen molar-refractivity contribution in [1.82, 2.24) is 10.6 Å². The first-order chi connectivity index (χ1) is 19.0. The minimum atomic E-state index is -0.440. The van der Waals surface area contributed by atoms with Crippen molar-refractivity contribution in [2.75, 3.05) is 13.1 Å². The summed E-state index contributed by atoms with van der Waals surface area (Å²) in [4.78, 5) is 20.6. The average molecular weight is 529 g/mol. The summed E-state index contributed by atoms with van der Waals surface area (Å²) in [6, 6.07) is 27.4. The minimum absolute atomic E-state index is 0.0292. The molecule has 0 aliphatic heterocycles. The first-order valence-corrected chi connectivity index (χ1v) is 12.4. The van der Waals surface area contributed by atoms with Gasteiger partial charge in [0.25, 0.3) is 11.4 Å². The Labute approximate surface area is 225 Å². The normalized spacial score (nSPS) is 10.7. The molecule has 4 rings (SSSR count). The van der Waals surface area contributed by atoms with Gasteiger partial charge in [0.2, 0.25) is 0 Å². The summed E-state index contributed by atoms with van der Waals surface area (Å²) in [6.07, 6.45) is 0.975. The van der Waals surface area contributed by atoms with Crippen molar-refractivity contribution in [2.45, 2.75) is 19.5 Å². The zero-order chi connectivity index (χ0) is 27.5. The molecule has 0 heterocycles. The molecule has 0 saturated heterocycles. The lowest BCUT2D eigenvalue weighted by Crippen LogP contribution is -2.21. The van der Waals surface area contributed by atoms with Gasteiger partial charge < -0.3 is 20.1 Å². The van der Waals surface area contributed by atoms with E-state index in [1.807, 2.05) is 48.5 Å². The molecule has 0 atom stereocenters. The molecule has 0 radical (unpaired) electrons. The van der Waals surface area contributed by atoms with Gasteiger partial charge in [0, 0.05) is 37.4 Å². The summed E-state index contributed by atoms with van der Waals surface area (Å²) in [5.41, 5.74) is 2.33. The van der Waals surface area contributed by atoms with Crippen molar-refractivity contribution in [3.63, 3.8) is 0 Å². The lowest BCUT2D eigenvalue weighted by molar-refractivity contribution is -0.385. The van der Waals surface area contributed by atoms with Crippen molar-refractivity contribution in [2.24, 2.45) is 0 Å². The topological polar surface area (TPSA) is 129 Å². The van der Waals surface area contributed by atoms with E-state index in [2.05, 4.69) is 10.6 Å². The standard InChI is InChI=1S/C29H28N4O6/c34-32(35)24-6-14-28(15-7-24)38-26-10-2-22(3-11-26)20-30-18-1-19-31-21-23-4-12-27(13-5-23)39-29-16-8-25(9-17-29)33(36)37/h2-17,30-31H,1,18-21H2. The van der Waals surface area contributed by atoms with Gasteiger partial charge in [-0.2, -0.15) is 0 Å². The third-order valence-electron chi connectivity index (χ3n) is 5.78. The number of nitro groups is 2. The molecule has 4 aromatic carbocycles. The zero-order valence-electron chi connectivity index (χ0n) is 21.1. The highest BCUT2D eigenvalue weighted by Gasteiger charge is 2.06. The highest BCUT2D eigenvalue weighted by Crippen LogP contribution is 2.25. The molecule has 200 valence electrons. The van der Waals surface area contributed by atoms with Crippen LogP contribution in [0.3, 0.4) is 0 Å². The van der Waals surface area contributed by atoms with Crippen LogP contribution in [0.1, 0.15) is 17.5 Å². The predicted molar refractivity (Wildman–Crippen MR) is 147 cm³/mol. The predicted octanol–water partition coefficient (Wildman–Crippen LogP) is 6.36. The van der Waals surface area contributed by atoms with E-state index >= 15 is 0 Å². The largest absolute Gasteiger partial charge is 0.457 e. The maximum Gasteiger partial charge on any atom is 0.269 e. The van der Waals surface area contributed by atoms with Gasteiger partial charge in [-0.25, -0.2) is 0 Å². The van der Waals surface area contributed by atoms with Gasteiger partial charge in [0.1, 0.15) is 23.0 Å². The summed E-state index contributed by atoms with van der Waals surface area (Å²) < 4.78 is 11.5. The summed E-state index contributed by atoms with van der Waals surface area (Å²) in [7, 11) is 0.